The molecule has 0 aromatic carbocycles. The van der Waals surface area contributed by atoms with Crippen LogP contribution in [0.4, 0.5) is 0 Å². The van der Waals surface area contributed by atoms with E-state index >= 15 is 0 Å². The predicted octanol–water partition coefficient (Wildman–Crippen LogP) is 0.737. The number of hydrogen-bond donors (Lipinski definition) is 2. The summed E-state index contributed by atoms with van der Waals surface area (Å²) in [5.41, 5.74) is 11.7. The van der Waals surface area contributed by atoms with Crippen LogP contribution in [0.25, 0.3) is 0 Å². The van der Waals surface area contributed by atoms with Crippen molar-refractivity contribution in [2.45, 2.75) is 5.92 Å². The van der Waals surface area contributed by atoms with Crippen molar-refractivity contribution >= 4 is 34.4 Å². The minimum absolute atomic E-state index is 0.256. The van der Waals surface area contributed by atoms with Gasteiger partial charge in [0.2, 0.25) is 0 Å². The highest BCUT2D eigenvalue weighted by molar-refractivity contribution is 7.82. The van der Waals surface area contributed by atoms with E-state index in [0.29, 0.717) is 5.69 Å². The van der Waals surface area contributed by atoms with Crippen LogP contribution in [0.5, 0.6) is 0 Å². The number of aromatic nitrogens is 1. The van der Waals surface area contributed by atoms with Crippen molar-refractivity contribution in [1.82, 2.24) is 4.98 Å². The van der Waals surface area contributed by atoms with Gasteiger partial charge in [0.05, 0.1) is 15.7 Å². The zero-order valence-electron chi connectivity index (χ0n) is 6.81. The molecule has 0 saturated heterocycles. The molecule has 0 aliphatic heterocycles. The van der Waals surface area contributed by atoms with Gasteiger partial charge in [-0.1, -0.05) is 30.5 Å². The highest BCUT2D eigenvalue weighted by Gasteiger charge is 2.18. The standard InChI is InChI=1S/C8H9N3S2/c9-7(12)6(8(10)13)5-3-1-2-4-11-5/h1-4,6H,(H2,9,12)(H2,10,13). The number of pyridine rings is 1. The van der Waals surface area contributed by atoms with Gasteiger partial charge in [-0.05, 0) is 12.1 Å². The first-order valence-electron chi connectivity index (χ1n) is 3.62. The SMILES string of the molecule is NC(=S)C(C(N)=S)c1ccccn1. The van der Waals surface area contributed by atoms with Crippen LogP contribution in [-0.4, -0.2) is 15.0 Å². The van der Waals surface area contributed by atoms with E-state index in [1.807, 2.05) is 6.07 Å². The molecule has 0 bridgehead atoms. The fourth-order valence-electron chi connectivity index (χ4n) is 0.978. The van der Waals surface area contributed by atoms with E-state index < -0.39 is 5.92 Å². The van der Waals surface area contributed by atoms with Gasteiger partial charge in [-0.2, -0.15) is 0 Å². The third-order valence-electron chi connectivity index (χ3n) is 1.55. The lowest BCUT2D eigenvalue weighted by atomic mass is 10.1. The van der Waals surface area contributed by atoms with Gasteiger partial charge in [0.15, 0.2) is 0 Å². The molecular formula is C8H9N3S2. The molecule has 1 heterocycles. The van der Waals surface area contributed by atoms with Crippen LogP contribution >= 0.6 is 24.4 Å². The van der Waals surface area contributed by atoms with Crippen LogP contribution in [0.1, 0.15) is 11.6 Å². The van der Waals surface area contributed by atoms with Gasteiger partial charge < -0.3 is 11.5 Å². The first-order chi connectivity index (χ1) is 6.13. The average molecular weight is 211 g/mol. The van der Waals surface area contributed by atoms with Crippen molar-refractivity contribution in [3.63, 3.8) is 0 Å². The van der Waals surface area contributed by atoms with Gasteiger partial charge in [0.1, 0.15) is 5.92 Å². The van der Waals surface area contributed by atoms with Crippen molar-refractivity contribution in [2.24, 2.45) is 11.5 Å². The van der Waals surface area contributed by atoms with E-state index in [1.165, 1.54) is 0 Å². The number of thiocarbonyl (C=S) groups is 2. The van der Waals surface area contributed by atoms with Crippen molar-refractivity contribution < 1.29 is 0 Å². The Balaban J connectivity index is 3.03. The molecule has 0 amide bonds. The van der Waals surface area contributed by atoms with Gasteiger partial charge in [-0.3, -0.25) is 4.98 Å². The van der Waals surface area contributed by atoms with Crippen LogP contribution in [0.2, 0.25) is 0 Å². The molecule has 0 fully saturated rings. The number of hydrogen-bond acceptors (Lipinski definition) is 3. The summed E-state index contributed by atoms with van der Waals surface area (Å²) >= 11 is 9.69. The largest absolute Gasteiger partial charge is 0.392 e. The van der Waals surface area contributed by atoms with Crippen LogP contribution in [-0.2, 0) is 0 Å². The first kappa shape index (κ1) is 10.0. The monoisotopic (exact) mass is 211 g/mol. The predicted molar refractivity (Wildman–Crippen MR) is 60.5 cm³/mol. The van der Waals surface area contributed by atoms with Gasteiger partial charge in [-0.25, -0.2) is 0 Å². The molecule has 5 heteroatoms. The molecule has 0 radical (unpaired) electrons. The van der Waals surface area contributed by atoms with Crippen molar-refractivity contribution in [2.75, 3.05) is 0 Å². The average Bonchev–Trinajstić information content (AvgIpc) is 2.04. The van der Waals surface area contributed by atoms with Crippen LogP contribution < -0.4 is 11.5 Å². The molecule has 0 aliphatic rings. The summed E-state index contributed by atoms with van der Waals surface area (Å²) in [5.74, 6) is -0.397. The summed E-state index contributed by atoms with van der Waals surface area (Å²) < 4.78 is 0. The Labute approximate surface area is 87.1 Å². The third kappa shape index (κ3) is 2.43. The van der Waals surface area contributed by atoms with Crippen molar-refractivity contribution in [1.29, 1.82) is 0 Å². The minimum Gasteiger partial charge on any atom is -0.392 e. The Morgan fingerprint density at radius 1 is 1.23 bits per heavy atom. The topological polar surface area (TPSA) is 64.9 Å². The molecule has 0 atom stereocenters. The molecule has 4 N–H and O–H groups in total. The molecular weight excluding hydrogens is 202 g/mol. The summed E-state index contributed by atoms with van der Waals surface area (Å²) in [6, 6.07) is 5.44. The summed E-state index contributed by atoms with van der Waals surface area (Å²) in [4.78, 5) is 4.60. The molecule has 0 saturated carbocycles. The van der Waals surface area contributed by atoms with Gasteiger partial charge in [0.25, 0.3) is 0 Å². The van der Waals surface area contributed by atoms with Crippen LogP contribution in [0.15, 0.2) is 24.4 Å². The summed E-state index contributed by atoms with van der Waals surface area (Å²) in [6.45, 7) is 0. The first-order valence-corrected chi connectivity index (χ1v) is 4.44. The molecule has 13 heavy (non-hydrogen) atoms. The van der Waals surface area contributed by atoms with E-state index in [1.54, 1.807) is 18.3 Å². The lowest BCUT2D eigenvalue weighted by molar-refractivity contribution is 1.08. The maximum atomic E-state index is 5.49. The normalized spacial score (nSPS) is 9.92. The Kier molecular flexibility index (Phi) is 3.27. The number of nitrogens with zero attached hydrogens (tertiary/aromatic N) is 1. The molecule has 1 rings (SSSR count). The zero-order valence-corrected chi connectivity index (χ0v) is 8.44. The highest BCUT2D eigenvalue weighted by atomic mass is 32.1. The summed E-state index contributed by atoms with van der Waals surface area (Å²) in [7, 11) is 0. The smallest absolute Gasteiger partial charge is 0.101 e. The molecule has 68 valence electrons. The van der Waals surface area contributed by atoms with E-state index in [-0.39, 0.29) is 9.98 Å². The molecule has 0 spiro atoms. The van der Waals surface area contributed by atoms with Crippen molar-refractivity contribution in [3.05, 3.63) is 30.1 Å². The van der Waals surface area contributed by atoms with Crippen LogP contribution in [0.3, 0.4) is 0 Å². The van der Waals surface area contributed by atoms with Crippen LogP contribution in [0, 0.1) is 0 Å². The minimum atomic E-state index is -0.397. The zero-order chi connectivity index (χ0) is 9.84. The maximum absolute atomic E-state index is 5.49. The molecule has 1 aromatic heterocycles. The van der Waals surface area contributed by atoms with E-state index in [2.05, 4.69) is 4.98 Å². The van der Waals surface area contributed by atoms with E-state index in [0.717, 1.165) is 0 Å². The molecule has 0 aliphatic carbocycles. The van der Waals surface area contributed by atoms with Gasteiger partial charge >= 0.3 is 0 Å². The Morgan fingerprint density at radius 2 is 1.85 bits per heavy atom. The molecule has 3 nitrogen and oxygen atoms in total. The number of nitrogens with two attached hydrogens (primary N) is 2. The quantitative estimate of drug-likeness (QED) is 0.722. The summed E-state index contributed by atoms with van der Waals surface area (Å²) in [5, 5.41) is 0. The second-order valence-electron chi connectivity index (χ2n) is 2.49. The van der Waals surface area contributed by atoms with Gasteiger partial charge in [0, 0.05) is 6.20 Å². The second kappa shape index (κ2) is 4.25. The third-order valence-corrected chi connectivity index (χ3v) is 2.02. The fourth-order valence-corrected chi connectivity index (χ4v) is 1.55. The lowest BCUT2D eigenvalue weighted by Crippen LogP contribution is -2.31. The fraction of sp³-hybridized carbons (Fsp3) is 0.125. The van der Waals surface area contributed by atoms with Gasteiger partial charge in [-0.15, -0.1) is 0 Å². The Morgan fingerprint density at radius 3 is 2.23 bits per heavy atom. The number of rotatable bonds is 3. The second-order valence-corrected chi connectivity index (χ2v) is 3.44. The maximum Gasteiger partial charge on any atom is 0.101 e. The Bertz CT molecular complexity index is 309. The molecule has 0 unspecified atom stereocenters. The van der Waals surface area contributed by atoms with Crippen molar-refractivity contribution in [3.8, 4) is 0 Å². The summed E-state index contributed by atoms with van der Waals surface area (Å²) in [6.07, 6.45) is 1.65. The molecule has 1 aromatic rings. The van der Waals surface area contributed by atoms with E-state index in [4.69, 9.17) is 35.9 Å². The lowest BCUT2D eigenvalue weighted by Gasteiger charge is -2.12. The Hall–Kier alpha value is -1.07. The van der Waals surface area contributed by atoms with E-state index in [9.17, 15) is 0 Å². The highest BCUT2D eigenvalue weighted by Crippen LogP contribution is 2.13.